The summed E-state index contributed by atoms with van der Waals surface area (Å²) in [6, 6.07) is 6.80. The third-order valence-electron chi connectivity index (χ3n) is 1.79. The lowest BCUT2D eigenvalue weighted by molar-refractivity contribution is 0.584. The number of hydrogen-bond donors (Lipinski definition) is 2. The Hall–Kier alpha value is -0.850. The van der Waals surface area contributed by atoms with Gasteiger partial charge in [-0.3, -0.25) is 0 Å². The fraction of sp³-hybridized carbons (Fsp3) is 0.200. The molecule has 6 heteroatoms. The van der Waals surface area contributed by atoms with E-state index in [1.807, 2.05) is 0 Å². The topological polar surface area (TPSA) is 72.2 Å². The van der Waals surface area contributed by atoms with Crippen LogP contribution in [-0.2, 0) is 15.8 Å². The van der Waals surface area contributed by atoms with Crippen molar-refractivity contribution in [3.05, 3.63) is 40.9 Å². The van der Waals surface area contributed by atoms with Crippen molar-refractivity contribution in [2.24, 2.45) is 0 Å². The van der Waals surface area contributed by atoms with Gasteiger partial charge < -0.3 is 5.73 Å². The predicted molar refractivity (Wildman–Crippen MR) is 69.5 cm³/mol. The Morgan fingerprint density at radius 1 is 1.50 bits per heavy atom. The number of hydrogen-bond acceptors (Lipinski definition) is 3. The molecule has 0 saturated heterocycles. The van der Waals surface area contributed by atoms with Crippen molar-refractivity contribution in [1.82, 2.24) is 4.72 Å². The van der Waals surface area contributed by atoms with Crippen molar-refractivity contribution in [1.29, 1.82) is 0 Å². The highest BCUT2D eigenvalue weighted by atomic mass is 79.9. The summed E-state index contributed by atoms with van der Waals surface area (Å²) in [4.78, 5) is 0. The summed E-state index contributed by atoms with van der Waals surface area (Å²) in [5.74, 6) is -0.0850. The summed E-state index contributed by atoms with van der Waals surface area (Å²) in [6.45, 7) is 3.73. The van der Waals surface area contributed by atoms with Crippen LogP contribution in [0.1, 0.15) is 5.56 Å². The monoisotopic (exact) mass is 304 g/mol. The van der Waals surface area contributed by atoms with Gasteiger partial charge in [-0.25, -0.2) is 13.1 Å². The molecule has 0 aliphatic heterocycles. The van der Waals surface area contributed by atoms with E-state index in [4.69, 9.17) is 5.73 Å². The van der Waals surface area contributed by atoms with E-state index in [0.29, 0.717) is 15.7 Å². The predicted octanol–water partition coefficient (Wildman–Crippen LogP) is 1.60. The first kappa shape index (κ1) is 13.2. The Morgan fingerprint density at radius 2 is 2.19 bits per heavy atom. The van der Waals surface area contributed by atoms with Crippen LogP contribution in [0, 0.1) is 0 Å². The molecule has 1 rings (SSSR count). The highest BCUT2D eigenvalue weighted by Gasteiger charge is 2.10. The molecule has 3 N–H and O–H groups in total. The molecule has 0 saturated carbocycles. The third-order valence-corrected chi connectivity index (χ3v) is 3.37. The van der Waals surface area contributed by atoms with Gasteiger partial charge in [0.15, 0.2) is 0 Å². The number of anilines is 1. The smallest absolute Gasteiger partial charge is 0.216 e. The quantitative estimate of drug-likeness (QED) is 0.812. The summed E-state index contributed by atoms with van der Waals surface area (Å²) in [5.41, 5.74) is 6.78. The van der Waals surface area contributed by atoms with Crippen LogP contribution in [0.3, 0.4) is 0 Å². The lowest BCUT2D eigenvalue weighted by Gasteiger charge is -2.06. The zero-order valence-electron chi connectivity index (χ0n) is 8.61. The summed E-state index contributed by atoms with van der Waals surface area (Å²) in [6.07, 6.45) is 0. The van der Waals surface area contributed by atoms with Gasteiger partial charge in [0, 0.05) is 16.7 Å². The first-order valence-electron chi connectivity index (χ1n) is 4.54. The van der Waals surface area contributed by atoms with Crippen LogP contribution in [0.15, 0.2) is 35.3 Å². The Kier molecular flexibility index (Phi) is 4.52. The normalized spacial score (nSPS) is 11.3. The minimum absolute atomic E-state index is 0.0850. The van der Waals surface area contributed by atoms with Gasteiger partial charge in [-0.1, -0.05) is 34.6 Å². The highest BCUT2D eigenvalue weighted by Crippen LogP contribution is 2.10. The molecule has 0 spiro atoms. The number of rotatable bonds is 5. The number of nitrogens with two attached hydrogens (primary N) is 1. The number of sulfonamides is 1. The third kappa shape index (κ3) is 4.78. The Labute approximate surface area is 104 Å². The Balaban J connectivity index is 2.69. The molecule has 16 heavy (non-hydrogen) atoms. The average Bonchev–Trinajstić information content (AvgIpc) is 2.14. The highest BCUT2D eigenvalue weighted by molar-refractivity contribution is 9.11. The standard InChI is InChI=1S/C10H13BrN2O2S/c1-8(11)6-13-16(14,15)7-9-3-2-4-10(12)5-9/h2-5,13H,1,6-7,12H2. The molecule has 1 aromatic rings. The molecule has 0 fully saturated rings. The SMILES string of the molecule is C=C(Br)CNS(=O)(=O)Cc1cccc(N)c1. The lowest BCUT2D eigenvalue weighted by Crippen LogP contribution is -2.26. The maximum Gasteiger partial charge on any atom is 0.216 e. The van der Waals surface area contributed by atoms with Gasteiger partial charge in [-0.15, -0.1) is 0 Å². The van der Waals surface area contributed by atoms with Crippen molar-refractivity contribution < 1.29 is 8.42 Å². The summed E-state index contributed by atoms with van der Waals surface area (Å²) >= 11 is 3.08. The number of nitrogens with one attached hydrogen (secondary N) is 1. The van der Waals surface area contributed by atoms with Crippen molar-refractivity contribution in [3.63, 3.8) is 0 Å². The van der Waals surface area contributed by atoms with Crippen molar-refractivity contribution in [3.8, 4) is 0 Å². The largest absolute Gasteiger partial charge is 0.399 e. The maximum absolute atomic E-state index is 11.6. The van der Waals surface area contributed by atoms with E-state index in [1.165, 1.54) is 0 Å². The van der Waals surface area contributed by atoms with Crippen LogP contribution in [0.4, 0.5) is 5.69 Å². The first-order chi connectivity index (χ1) is 7.39. The van der Waals surface area contributed by atoms with Crippen LogP contribution in [0.5, 0.6) is 0 Å². The fourth-order valence-electron chi connectivity index (χ4n) is 1.14. The molecule has 0 atom stereocenters. The summed E-state index contributed by atoms with van der Waals surface area (Å²) in [7, 11) is -3.34. The summed E-state index contributed by atoms with van der Waals surface area (Å²) in [5, 5.41) is 0. The second kappa shape index (κ2) is 5.47. The molecule has 0 aromatic heterocycles. The molecule has 0 unspecified atom stereocenters. The van der Waals surface area contributed by atoms with E-state index >= 15 is 0 Å². The van der Waals surface area contributed by atoms with Crippen molar-refractivity contribution >= 4 is 31.6 Å². The van der Waals surface area contributed by atoms with Crippen LogP contribution >= 0.6 is 15.9 Å². The molecule has 4 nitrogen and oxygen atoms in total. The molecular weight excluding hydrogens is 292 g/mol. The van der Waals surface area contributed by atoms with E-state index in [1.54, 1.807) is 24.3 Å². The van der Waals surface area contributed by atoms with Gasteiger partial charge in [0.2, 0.25) is 10.0 Å². The second-order valence-corrected chi connectivity index (χ2v) is 6.27. The van der Waals surface area contributed by atoms with Gasteiger partial charge in [-0.05, 0) is 17.7 Å². The van der Waals surface area contributed by atoms with Crippen LogP contribution in [0.2, 0.25) is 0 Å². The van der Waals surface area contributed by atoms with Gasteiger partial charge in [0.1, 0.15) is 0 Å². The minimum atomic E-state index is -3.34. The molecule has 0 bridgehead atoms. The molecule has 0 radical (unpaired) electrons. The maximum atomic E-state index is 11.6. The van der Waals surface area contributed by atoms with Gasteiger partial charge in [0.25, 0.3) is 0 Å². The minimum Gasteiger partial charge on any atom is -0.399 e. The number of halogens is 1. The Bertz CT molecular complexity index is 485. The first-order valence-corrected chi connectivity index (χ1v) is 6.98. The zero-order valence-corrected chi connectivity index (χ0v) is 11.0. The van der Waals surface area contributed by atoms with Gasteiger partial charge in [-0.2, -0.15) is 0 Å². The van der Waals surface area contributed by atoms with E-state index < -0.39 is 10.0 Å². The molecule has 88 valence electrons. The average molecular weight is 305 g/mol. The number of benzene rings is 1. The fourth-order valence-corrected chi connectivity index (χ4v) is 2.58. The van der Waals surface area contributed by atoms with E-state index in [-0.39, 0.29) is 12.3 Å². The molecule has 0 aliphatic rings. The van der Waals surface area contributed by atoms with Crippen molar-refractivity contribution in [2.75, 3.05) is 12.3 Å². The molecule has 0 amide bonds. The van der Waals surface area contributed by atoms with Crippen LogP contribution in [0.25, 0.3) is 0 Å². The Morgan fingerprint density at radius 3 is 2.75 bits per heavy atom. The second-order valence-electron chi connectivity index (χ2n) is 3.34. The van der Waals surface area contributed by atoms with E-state index in [0.717, 1.165) is 0 Å². The molecule has 1 aromatic carbocycles. The molecule has 0 aliphatic carbocycles. The zero-order chi connectivity index (χ0) is 12.2. The van der Waals surface area contributed by atoms with Gasteiger partial charge >= 0.3 is 0 Å². The number of nitrogen functional groups attached to an aromatic ring is 1. The summed E-state index contributed by atoms with van der Waals surface area (Å²) < 4.78 is 26.2. The van der Waals surface area contributed by atoms with Gasteiger partial charge in [0.05, 0.1) is 5.75 Å². The van der Waals surface area contributed by atoms with Crippen molar-refractivity contribution in [2.45, 2.75) is 5.75 Å². The molecular formula is C10H13BrN2O2S. The van der Waals surface area contributed by atoms with E-state index in [2.05, 4.69) is 27.2 Å². The van der Waals surface area contributed by atoms with Crippen LogP contribution in [-0.4, -0.2) is 15.0 Å². The molecule has 0 heterocycles. The van der Waals surface area contributed by atoms with E-state index in [9.17, 15) is 8.42 Å². The lowest BCUT2D eigenvalue weighted by atomic mass is 10.2. The van der Waals surface area contributed by atoms with Crippen LogP contribution < -0.4 is 10.5 Å².